The fraction of sp³-hybridized carbons (Fsp3) is 0.667. The molecule has 1 heterocycles. The van der Waals surface area contributed by atoms with E-state index in [1.165, 1.54) is 0 Å². The zero-order valence-corrected chi connectivity index (χ0v) is 14.0. The minimum Gasteiger partial charge on any atom is -0.497 e. The summed E-state index contributed by atoms with van der Waals surface area (Å²) >= 11 is 0. The van der Waals surface area contributed by atoms with Gasteiger partial charge < -0.3 is 19.3 Å². The summed E-state index contributed by atoms with van der Waals surface area (Å²) in [5, 5.41) is 9.25. The van der Waals surface area contributed by atoms with Gasteiger partial charge >= 0.3 is 0 Å². The first-order chi connectivity index (χ1) is 10.5. The number of rotatable bonds is 6. The molecule has 0 bridgehead atoms. The molecule has 1 N–H and O–H groups in total. The van der Waals surface area contributed by atoms with Crippen molar-refractivity contribution in [2.45, 2.75) is 39.6 Å². The average Bonchev–Trinajstić information content (AvgIpc) is 2.55. The first-order valence-electron chi connectivity index (χ1n) is 8.07. The zero-order valence-electron chi connectivity index (χ0n) is 14.0. The van der Waals surface area contributed by atoms with Gasteiger partial charge in [0.2, 0.25) is 0 Å². The molecule has 1 aliphatic rings. The van der Waals surface area contributed by atoms with Crippen LogP contribution in [-0.2, 0) is 9.47 Å². The van der Waals surface area contributed by atoms with E-state index in [2.05, 4.69) is 20.8 Å². The topological polar surface area (TPSA) is 47.9 Å². The van der Waals surface area contributed by atoms with E-state index in [0.717, 1.165) is 17.7 Å². The lowest BCUT2D eigenvalue weighted by Crippen LogP contribution is -2.39. The molecule has 1 aromatic rings. The molecule has 0 unspecified atom stereocenters. The Bertz CT molecular complexity index is 445. The molecule has 0 amide bonds. The van der Waals surface area contributed by atoms with Crippen molar-refractivity contribution in [1.82, 2.24) is 0 Å². The number of methoxy groups -OCH3 is 1. The van der Waals surface area contributed by atoms with Crippen LogP contribution in [0, 0.1) is 17.8 Å². The van der Waals surface area contributed by atoms with E-state index < -0.39 is 0 Å². The molecular weight excluding hydrogens is 280 g/mol. The highest BCUT2D eigenvalue weighted by Gasteiger charge is 2.34. The van der Waals surface area contributed by atoms with Gasteiger partial charge in [0.25, 0.3) is 0 Å². The van der Waals surface area contributed by atoms with Crippen molar-refractivity contribution in [2.24, 2.45) is 17.8 Å². The van der Waals surface area contributed by atoms with Gasteiger partial charge in [-0.05, 0) is 30.4 Å². The van der Waals surface area contributed by atoms with Crippen LogP contribution in [0.2, 0.25) is 0 Å². The number of aliphatic hydroxyl groups is 1. The van der Waals surface area contributed by atoms with E-state index in [1.54, 1.807) is 7.11 Å². The lowest BCUT2D eigenvalue weighted by molar-refractivity contribution is -0.250. The van der Waals surface area contributed by atoms with Gasteiger partial charge in [-0.2, -0.15) is 0 Å². The van der Waals surface area contributed by atoms with Crippen molar-refractivity contribution in [3.8, 4) is 5.75 Å². The maximum atomic E-state index is 9.25. The van der Waals surface area contributed by atoms with Crippen LogP contribution in [0.5, 0.6) is 5.75 Å². The van der Waals surface area contributed by atoms with Gasteiger partial charge in [0.05, 0.1) is 19.8 Å². The third kappa shape index (κ3) is 4.22. The molecule has 0 saturated carbocycles. The van der Waals surface area contributed by atoms with E-state index in [0.29, 0.717) is 24.4 Å². The number of hydrogen-bond donors (Lipinski definition) is 1. The highest BCUT2D eigenvalue weighted by atomic mass is 16.7. The fourth-order valence-electron chi connectivity index (χ4n) is 3.12. The summed E-state index contributed by atoms with van der Waals surface area (Å²) in [5.41, 5.74) is 1.01. The molecule has 22 heavy (non-hydrogen) atoms. The summed E-state index contributed by atoms with van der Waals surface area (Å²) in [5.74, 6) is 1.87. The molecular formula is C18H28O4. The largest absolute Gasteiger partial charge is 0.497 e. The molecule has 124 valence electrons. The van der Waals surface area contributed by atoms with Gasteiger partial charge in [-0.1, -0.05) is 32.9 Å². The molecule has 5 atom stereocenters. The van der Waals surface area contributed by atoms with E-state index in [4.69, 9.17) is 14.2 Å². The normalized spacial score (nSPS) is 28.1. The van der Waals surface area contributed by atoms with Gasteiger partial charge in [-0.25, -0.2) is 0 Å². The Morgan fingerprint density at radius 3 is 2.55 bits per heavy atom. The fourth-order valence-corrected chi connectivity index (χ4v) is 3.12. The van der Waals surface area contributed by atoms with Gasteiger partial charge in [-0.15, -0.1) is 0 Å². The lowest BCUT2D eigenvalue weighted by atomic mass is 9.86. The molecule has 1 aliphatic heterocycles. The summed E-state index contributed by atoms with van der Waals surface area (Å²) in [6.45, 7) is 7.35. The maximum Gasteiger partial charge on any atom is 0.184 e. The summed E-state index contributed by atoms with van der Waals surface area (Å²) in [6.07, 6.45) is 0.787. The van der Waals surface area contributed by atoms with Crippen molar-refractivity contribution < 1.29 is 19.3 Å². The Labute approximate surface area is 133 Å². The van der Waals surface area contributed by atoms with Crippen LogP contribution in [0.15, 0.2) is 24.3 Å². The molecule has 0 spiro atoms. The molecule has 2 rings (SSSR count). The SMILES string of the molecule is COc1ccc([C@@H]2OC[C@H](C)[C@H]([C@@H](C)C[C@@H](C)CO)O2)cc1. The third-order valence-corrected chi connectivity index (χ3v) is 4.39. The number of benzene rings is 1. The number of ether oxygens (including phenoxy) is 3. The molecule has 0 aliphatic carbocycles. The molecule has 0 radical (unpaired) electrons. The van der Waals surface area contributed by atoms with Crippen LogP contribution in [0.1, 0.15) is 39.0 Å². The first kappa shape index (κ1) is 17.3. The Morgan fingerprint density at radius 2 is 1.95 bits per heavy atom. The van der Waals surface area contributed by atoms with Crippen LogP contribution in [0.3, 0.4) is 0 Å². The van der Waals surface area contributed by atoms with Crippen molar-refractivity contribution in [1.29, 1.82) is 0 Å². The first-order valence-corrected chi connectivity index (χ1v) is 8.07. The Hall–Kier alpha value is -1.10. The Morgan fingerprint density at radius 1 is 1.27 bits per heavy atom. The van der Waals surface area contributed by atoms with Gasteiger partial charge in [0, 0.05) is 18.1 Å². The minimum absolute atomic E-state index is 0.148. The van der Waals surface area contributed by atoms with Crippen LogP contribution in [0.4, 0.5) is 0 Å². The van der Waals surface area contributed by atoms with Crippen LogP contribution < -0.4 is 4.74 Å². The predicted octanol–water partition coefficient (Wildman–Crippen LogP) is 3.40. The second-order valence-electron chi connectivity index (χ2n) is 6.52. The summed E-state index contributed by atoms with van der Waals surface area (Å²) < 4.78 is 17.3. The third-order valence-electron chi connectivity index (χ3n) is 4.39. The highest BCUT2D eigenvalue weighted by molar-refractivity contribution is 5.28. The zero-order chi connectivity index (χ0) is 16.1. The van der Waals surface area contributed by atoms with E-state index in [-0.39, 0.29) is 19.0 Å². The highest BCUT2D eigenvalue weighted by Crippen LogP contribution is 2.34. The van der Waals surface area contributed by atoms with Crippen LogP contribution in [0.25, 0.3) is 0 Å². The van der Waals surface area contributed by atoms with Crippen LogP contribution in [-0.4, -0.2) is 31.5 Å². The molecule has 1 aromatic carbocycles. The standard InChI is InChI=1S/C18H28O4/c1-12(10-19)9-13(2)17-14(3)11-21-18(22-17)15-5-7-16(20-4)8-6-15/h5-8,12-14,17-19H,9-11H2,1-4H3/t12-,13+,14+,17+,18-/m1/s1. The number of hydrogen-bond acceptors (Lipinski definition) is 4. The van der Waals surface area contributed by atoms with Crippen molar-refractivity contribution in [2.75, 3.05) is 20.3 Å². The number of aliphatic hydroxyl groups excluding tert-OH is 1. The second-order valence-corrected chi connectivity index (χ2v) is 6.52. The maximum absolute atomic E-state index is 9.25. The van der Waals surface area contributed by atoms with E-state index in [1.807, 2.05) is 24.3 Å². The molecule has 4 heteroatoms. The molecule has 4 nitrogen and oxygen atoms in total. The molecule has 1 fully saturated rings. The Balaban J connectivity index is 2.03. The average molecular weight is 308 g/mol. The van der Waals surface area contributed by atoms with Gasteiger partial charge in [-0.3, -0.25) is 0 Å². The smallest absolute Gasteiger partial charge is 0.184 e. The van der Waals surface area contributed by atoms with Gasteiger partial charge in [0.15, 0.2) is 6.29 Å². The van der Waals surface area contributed by atoms with Crippen molar-refractivity contribution >= 4 is 0 Å². The predicted molar refractivity (Wildman–Crippen MR) is 85.8 cm³/mol. The molecule has 0 aromatic heterocycles. The van der Waals surface area contributed by atoms with Crippen molar-refractivity contribution in [3.63, 3.8) is 0 Å². The van der Waals surface area contributed by atoms with E-state index >= 15 is 0 Å². The monoisotopic (exact) mass is 308 g/mol. The minimum atomic E-state index is -0.320. The van der Waals surface area contributed by atoms with Crippen molar-refractivity contribution in [3.05, 3.63) is 29.8 Å². The van der Waals surface area contributed by atoms with Crippen LogP contribution >= 0.6 is 0 Å². The molecule has 1 saturated heterocycles. The van der Waals surface area contributed by atoms with Gasteiger partial charge in [0.1, 0.15) is 5.75 Å². The summed E-state index contributed by atoms with van der Waals surface area (Å²) in [4.78, 5) is 0. The lowest BCUT2D eigenvalue weighted by Gasteiger charge is -2.39. The Kier molecular flexibility index (Phi) is 6.24. The van der Waals surface area contributed by atoms with E-state index in [9.17, 15) is 5.11 Å². The second kappa shape index (κ2) is 7.95. The summed E-state index contributed by atoms with van der Waals surface area (Å²) in [7, 11) is 1.66. The quantitative estimate of drug-likeness (QED) is 0.875. The summed E-state index contributed by atoms with van der Waals surface area (Å²) in [6, 6.07) is 7.81.